The first-order valence-electron chi connectivity index (χ1n) is 21.4. The van der Waals surface area contributed by atoms with Crippen molar-refractivity contribution in [3.63, 3.8) is 0 Å². The second-order valence-corrected chi connectivity index (χ2v) is 16.2. The Morgan fingerprint density at radius 3 is 1.63 bits per heavy atom. The molecule has 0 saturated carbocycles. The molecule has 11 rings (SSSR count). The fourth-order valence-electron chi connectivity index (χ4n) is 9.73. The standard InChI is InChI=1S/C60H43N3/c1-41(42-32-34-44(35-33-42)43-18-5-2-6-19-43)62-57(45-20-7-3-8-21-45)40-56(61)48-23-17-22-46(38-48)47-36-37-51-50-26-11-12-27-52(50)60(55(51)39-47)53-28-13-15-30-58(53)63(49-24-9-4-10-25-49)59-31-16-14-29-54(59)60/h2-40H,1,61H2/b56-40-,62-57?. The van der Waals surface area contributed by atoms with Crippen molar-refractivity contribution in [2.24, 2.45) is 10.7 Å². The topological polar surface area (TPSA) is 41.6 Å². The molecule has 1 aliphatic heterocycles. The van der Waals surface area contributed by atoms with Crippen molar-refractivity contribution in [2.75, 3.05) is 4.90 Å². The number of rotatable bonds is 8. The average molecular weight is 806 g/mol. The van der Waals surface area contributed by atoms with Gasteiger partial charge in [-0.3, -0.25) is 0 Å². The van der Waals surface area contributed by atoms with E-state index in [0.29, 0.717) is 11.4 Å². The summed E-state index contributed by atoms with van der Waals surface area (Å²) < 4.78 is 0. The fraction of sp³-hybridized carbons (Fsp3) is 0.0167. The van der Waals surface area contributed by atoms with Crippen LogP contribution in [0.4, 0.5) is 17.1 Å². The Bertz CT molecular complexity index is 3190. The van der Waals surface area contributed by atoms with Gasteiger partial charge in [0.1, 0.15) is 0 Å². The Kier molecular flexibility index (Phi) is 9.36. The van der Waals surface area contributed by atoms with Crippen molar-refractivity contribution in [1.82, 2.24) is 0 Å². The number of benzene rings is 9. The van der Waals surface area contributed by atoms with Crippen molar-refractivity contribution in [3.05, 3.63) is 282 Å². The van der Waals surface area contributed by atoms with Crippen LogP contribution in [0.3, 0.4) is 0 Å². The number of nitrogens with zero attached hydrogens (tertiary/aromatic N) is 2. The molecule has 0 unspecified atom stereocenters. The van der Waals surface area contributed by atoms with Gasteiger partial charge in [-0.05, 0) is 109 Å². The van der Waals surface area contributed by atoms with Crippen LogP contribution >= 0.6 is 0 Å². The van der Waals surface area contributed by atoms with E-state index >= 15 is 0 Å². The van der Waals surface area contributed by atoms with Crippen molar-refractivity contribution in [1.29, 1.82) is 0 Å². The predicted molar refractivity (Wildman–Crippen MR) is 263 cm³/mol. The smallest absolute Gasteiger partial charge is 0.0754 e. The molecule has 1 spiro atoms. The van der Waals surface area contributed by atoms with Gasteiger partial charge in [0, 0.05) is 16.9 Å². The zero-order valence-corrected chi connectivity index (χ0v) is 34.7. The normalized spacial score (nSPS) is 13.5. The maximum absolute atomic E-state index is 7.05. The van der Waals surface area contributed by atoms with E-state index in [1.54, 1.807) is 0 Å². The molecule has 1 aliphatic carbocycles. The SMILES string of the molecule is C=C(N=C(/C=C(\N)c1cccc(-c2ccc3c(c2)C2(c4ccccc4-3)c3ccccc3N(c3ccccc3)c3ccccc32)c1)c1ccccc1)c1ccc(-c2ccccc2)cc1. The predicted octanol–water partition coefficient (Wildman–Crippen LogP) is 14.6. The Morgan fingerprint density at radius 1 is 0.429 bits per heavy atom. The van der Waals surface area contributed by atoms with Crippen LogP contribution in [0.25, 0.3) is 44.8 Å². The number of fused-ring (bicyclic) bond motifs is 9. The maximum Gasteiger partial charge on any atom is 0.0754 e. The summed E-state index contributed by atoms with van der Waals surface area (Å²) in [5.41, 5.74) is 27.0. The first kappa shape index (κ1) is 37.7. The van der Waals surface area contributed by atoms with Gasteiger partial charge in [0.05, 0.1) is 28.2 Å². The van der Waals surface area contributed by atoms with Crippen molar-refractivity contribution in [2.45, 2.75) is 5.41 Å². The summed E-state index contributed by atoms with van der Waals surface area (Å²) in [7, 11) is 0. The van der Waals surface area contributed by atoms with E-state index in [1.807, 2.05) is 30.3 Å². The highest BCUT2D eigenvalue weighted by molar-refractivity contribution is 6.14. The molecule has 9 aromatic carbocycles. The Balaban J connectivity index is 1.00. The van der Waals surface area contributed by atoms with Gasteiger partial charge in [0.2, 0.25) is 0 Å². The number of aliphatic imine (C=N–C) groups is 1. The van der Waals surface area contributed by atoms with E-state index < -0.39 is 5.41 Å². The van der Waals surface area contributed by atoms with Crippen LogP contribution in [0.2, 0.25) is 0 Å². The van der Waals surface area contributed by atoms with Crippen LogP contribution in [-0.2, 0) is 5.41 Å². The first-order chi connectivity index (χ1) is 31.1. The van der Waals surface area contributed by atoms with Crippen LogP contribution in [-0.4, -0.2) is 5.71 Å². The van der Waals surface area contributed by atoms with Gasteiger partial charge in [0.15, 0.2) is 0 Å². The molecule has 2 aliphatic rings. The summed E-state index contributed by atoms with van der Waals surface area (Å²) in [6, 6.07) is 82.0. The number of anilines is 3. The third-order valence-electron chi connectivity index (χ3n) is 12.6. The summed E-state index contributed by atoms with van der Waals surface area (Å²) in [4.78, 5) is 7.52. The third kappa shape index (κ3) is 6.41. The molecule has 0 aromatic heterocycles. The summed E-state index contributed by atoms with van der Waals surface area (Å²) >= 11 is 0. The number of allylic oxidation sites excluding steroid dienone is 1. The van der Waals surface area contributed by atoms with E-state index in [4.69, 9.17) is 10.7 Å². The molecular formula is C60H43N3. The number of hydrogen-bond acceptors (Lipinski definition) is 3. The van der Waals surface area contributed by atoms with Gasteiger partial charge in [-0.1, -0.05) is 201 Å². The van der Waals surface area contributed by atoms with Gasteiger partial charge < -0.3 is 10.6 Å². The minimum Gasteiger partial charge on any atom is -0.398 e. The zero-order chi connectivity index (χ0) is 42.3. The number of hydrogen-bond donors (Lipinski definition) is 1. The van der Waals surface area contributed by atoms with Crippen LogP contribution in [0, 0.1) is 0 Å². The molecule has 0 saturated heterocycles. The van der Waals surface area contributed by atoms with Gasteiger partial charge in [0.25, 0.3) is 0 Å². The van der Waals surface area contributed by atoms with Crippen LogP contribution < -0.4 is 10.6 Å². The van der Waals surface area contributed by atoms with E-state index in [9.17, 15) is 0 Å². The lowest BCUT2D eigenvalue weighted by molar-refractivity contribution is 0.753. The number of nitrogens with two attached hydrogens (primary N) is 1. The molecule has 0 amide bonds. The highest BCUT2D eigenvalue weighted by Gasteiger charge is 2.51. The highest BCUT2D eigenvalue weighted by Crippen LogP contribution is 2.63. The fourth-order valence-corrected chi connectivity index (χ4v) is 9.73. The van der Waals surface area contributed by atoms with E-state index in [-0.39, 0.29) is 0 Å². The van der Waals surface area contributed by atoms with Crippen molar-refractivity contribution >= 4 is 34.2 Å². The molecule has 9 aromatic rings. The minimum atomic E-state index is -0.539. The highest BCUT2D eigenvalue weighted by atomic mass is 15.2. The van der Waals surface area contributed by atoms with Gasteiger partial charge >= 0.3 is 0 Å². The van der Waals surface area contributed by atoms with Crippen LogP contribution in [0.1, 0.15) is 38.9 Å². The summed E-state index contributed by atoms with van der Waals surface area (Å²) in [6.07, 6.45) is 1.97. The zero-order valence-electron chi connectivity index (χ0n) is 34.7. The largest absolute Gasteiger partial charge is 0.398 e. The molecular weight excluding hydrogens is 763 g/mol. The summed E-state index contributed by atoms with van der Waals surface area (Å²) in [5.74, 6) is 0. The third-order valence-corrected chi connectivity index (χ3v) is 12.6. The van der Waals surface area contributed by atoms with Crippen molar-refractivity contribution < 1.29 is 0 Å². The Hall–Kier alpha value is -8.27. The molecule has 0 radical (unpaired) electrons. The van der Waals surface area contributed by atoms with Gasteiger partial charge in [-0.25, -0.2) is 4.99 Å². The van der Waals surface area contributed by atoms with Crippen LogP contribution in [0.15, 0.2) is 248 Å². The van der Waals surface area contributed by atoms with Gasteiger partial charge in [-0.15, -0.1) is 0 Å². The summed E-state index contributed by atoms with van der Waals surface area (Å²) in [6.45, 7) is 4.39. The number of para-hydroxylation sites is 3. The second-order valence-electron chi connectivity index (χ2n) is 16.2. The molecule has 3 nitrogen and oxygen atoms in total. The molecule has 3 heteroatoms. The lowest BCUT2D eigenvalue weighted by Crippen LogP contribution is -2.36. The molecule has 298 valence electrons. The summed E-state index contributed by atoms with van der Waals surface area (Å²) in [5, 5.41) is 0. The Labute approximate surface area is 369 Å². The van der Waals surface area contributed by atoms with Gasteiger partial charge in [-0.2, -0.15) is 0 Å². The second kappa shape index (κ2) is 15.6. The first-order valence-corrected chi connectivity index (χ1v) is 21.4. The van der Waals surface area contributed by atoms with Crippen molar-refractivity contribution in [3.8, 4) is 33.4 Å². The molecule has 0 bridgehead atoms. The minimum absolute atomic E-state index is 0.539. The molecule has 2 N–H and O–H groups in total. The lowest BCUT2D eigenvalue weighted by atomic mass is 9.64. The van der Waals surface area contributed by atoms with E-state index in [0.717, 1.165) is 44.8 Å². The Morgan fingerprint density at radius 2 is 0.937 bits per heavy atom. The average Bonchev–Trinajstić information content (AvgIpc) is 3.64. The molecule has 0 atom stereocenters. The molecule has 0 fully saturated rings. The van der Waals surface area contributed by atoms with E-state index in [1.165, 1.54) is 50.3 Å². The molecule has 63 heavy (non-hydrogen) atoms. The maximum atomic E-state index is 7.05. The lowest BCUT2D eigenvalue weighted by Gasteiger charge is -2.45. The monoisotopic (exact) mass is 805 g/mol. The molecule has 1 heterocycles. The quantitative estimate of drug-likeness (QED) is 0.155. The van der Waals surface area contributed by atoms with E-state index in [2.05, 4.69) is 218 Å². The van der Waals surface area contributed by atoms with Crippen LogP contribution in [0.5, 0.6) is 0 Å².